The minimum Gasteiger partial charge on any atom is -0.497 e. The predicted molar refractivity (Wildman–Crippen MR) is 101 cm³/mol. The van der Waals surface area contributed by atoms with Crippen LogP contribution >= 0.6 is 0 Å². The van der Waals surface area contributed by atoms with E-state index >= 15 is 0 Å². The predicted octanol–water partition coefficient (Wildman–Crippen LogP) is 3.65. The van der Waals surface area contributed by atoms with E-state index in [2.05, 4.69) is 10.6 Å². The van der Waals surface area contributed by atoms with Crippen LogP contribution in [0.4, 0.5) is 16.2 Å². The van der Waals surface area contributed by atoms with Crippen molar-refractivity contribution in [1.29, 1.82) is 0 Å². The van der Waals surface area contributed by atoms with Gasteiger partial charge in [-0.05, 0) is 37.3 Å². The molecule has 0 bridgehead atoms. The highest BCUT2D eigenvalue weighted by Gasteiger charge is 2.16. The zero-order valence-corrected chi connectivity index (χ0v) is 15.3. The number of carbonyl (C=O) groups is 1. The summed E-state index contributed by atoms with van der Waals surface area (Å²) in [6.07, 6.45) is 0. The summed E-state index contributed by atoms with van der Waals surface area (Å²) < 4.78 is 10.6. The molecule has 6 heteroatoms. The number of amides is 2. The lowest BCUT2D eigenvalue weighted by Crippen LogP contribution is -2.31. The largest absolute Gasteiger partial charge is 0.497 e. The average Bonchev–Trinajstić information content (AvgIpc) is 2.61. The van der Waals surface area contributed by atoms with Crippen molar-refractivity contribution in [3.05, 3.63) is 48.0 Å². The second-order valence-corrected chi connectivity index (χ2v) is 5.84. The van der Waals surface area contributed by atoms with Gasteiger partial charge in [-0.2, -0.15) is 0 Å². The topological polar surface area (TPSA) is 62.8 Å². The molecule has 0 radical (unpaired) electrons. The van der Waals surface area contributed by atoms with E-state index in [1.165, 1.54) is 0 Å². The number of methoxy groups -OCH3 is 2. The zero-order chi connectivity index (χ0) is 18.4. The Labute approximate surface area is 148 Å². The third-order valence-corrected chi connectivity index (χ3v) is 3.89. The number of nitrogens with one attached hydrogen (secondary N) is 2. The monoisotopic (exact) mass is 343 g/mol. The van der Waals surface area contributed by atoms with E-state index in [4.69, 9.17) is 9.47 Å². The van der Waals surface area contributed by atoms with Crippen LogP contribution in [0.15, 0.2) is 42.5 Å². The molecule has 0 aliphatic rings. The minimum atomic E-state index is -0.285. The Kier molecular flexibility index (Phi) is 6.11. The third kappa shape index (κ3) is 4.56. The molecule has 0 saturated heterocycles. The maximum Gasteiger partial charge on any atom is 0.319 e. The Bertz CT molecular complexity index is 732. The zero-order valence-electron chi connectivity index (χ0n) is 15.3. The maximum atomic E-state index is 12.4. The smallest absolute Gasteiger partial charge is 0.319 e. The van der Waals surface area contributed by atoms with Gasteiger partial charge in [0.2, 0.25) is 0 Å². The van der Waals surface area contributed by atoms with Crippen LogP contribution in [0.2, 0.25) is 0 Å². The fraction of sp³-hybridized carbons (Fsp3) is 0.316. The van der Waals surface area contributed by atoms with Gasteiger partial charge >= 0.3 is 6.03 Å². The van der Waals surface area contributed by atoms with E-state index in [9.17, 15) is 4.79 Å². The van der Waals surface area contributed by atoms with Crippen LogP contribution in [0, 0.1) is 0 Å². The van der Waals surface area contributed by atoms with Gasteiger partial charge in [0.05, 0.1) is 31.6 Å². The van der Waals surface area contributed by atoms with Gasteiger partial charge in [0.15, 0.2) is 0 Å². The molecule has 1 atom stereocenters. The summed E-state index contributed by atoms with van der Waals surface area (Å²) in [5, 5.41) is 5.83. The van der Waals surface area contributed by atoms with Crippen LogP contribution in [0.25, 0.3) is 0 Å². The molecule has 0 aliphatic carbocycles. The summed E-state index contributed by atoms with van der Waals surface area (Å²) >= 11 is 0. The molecule has 25 heavy (non-hydrogen) atoms. The molecule has 134 valence electrons. The first kappa shape index (κ1) is 18.4. The molecule has 2 N–H and O–H groups in total. The Morgan fingerprint density at radius 2 is 1.80 bits per heavy atom. The van der Waals surface area contributed by atoms with Crippen molar-refractivity contribution >= 4 is 17.4 Å². The summed E-state index contributed by atoms with van der Waals surface area (Å²) in [7, 11) is 7.07. The van der Waals surface area contributed by atoms with Gasteiger partial charge in [0.1, 0.15) is 11.5 Å². The van der Waals surface area contributed by atoms with Crippen molar-refractivity contribution in [2.24, 2.45) is 0 Å². The van der Waals surface area contributed by atoms with Crippen LogP contribution < -0.4 is 25.0 Å². The standard InChI is InChI=1S/C19H25N3O3/c1-13(15-12-14(24-4)10-11-18(15)25-5)20-19(23)21-16-8-6-7-9-17(16)22(2)3/h6-13H,1-5H3,(H2,20,21,23). The minimum absolute atomic E-state index is 0.253. The molecule has 0 fully saturated rings. The van der Waals surface area contributed by atoms with Crippen molar-refractivity contribution in [2.45, 2.75) is 13.0 Å². The van der Waals surface area contributed by atoms with Crippen LogP contribution in [0.3, 0.4) is 0 Å². The van der Waals surface area contributed by atoms with Crippen molar-refractivity contribution in [3.8, 4) is 11.5 Å². The highest BCUT2D eigenvalue weighted by Crippen LogP contribution is 2.29. The second-order valence-electron chi connectivity index (χ2n) is 5.84. The van der Waals surface area contributed by atoms with Crippen LogP contribution in [-0.2, 0) is 0 Å². The van der Waals surface area contributed by atoms with Gasteiger partial charge in [-0.25, -0.2) is 4.79 Å². The number of ether oxygens (including phenoxy) is 2. The Morgan fingerprint density at radius 3 is 2.44 bits per heavy atom. The lowest BCUT2D eigenvalue weighted by Gasteiger charge is -2.21. The van der Waals surface area contributed by atoms with E-state index in [1.54, 1.807) is 14.2 Å². The van der Waals surface area contributed by atoms with Gasteiger partial charge in [-0.15, -0.1) is 0 Å². The van der Waals surface area contributed by atoms with E-state index in [1.807, 2.05) is 68.4 Å². The number of urea groups is 1. The van der Waals surface area contributed by atoms with Crippen LogP contribution in [-0.4, -0.2) is 34.3 Å². The van der Waals surface area contributed by atoms with Gasteiger partial charge in [-0.1, -0.05) is 12.1 Å². The molecular formula is C19H25N3O3. The Hall–Kier alpha value is -2.89. The molecule has 2 aromatic carbocycles. The second kappa shape index (κ2) is 8.28. The van der Waals surface area contributed by atoms with Crippen molar-refractivity contribution < 1.29 is 14.3 Å². The van der Waals surface area contributed by atoms with Crippen LogP contribution in [0.5, 0.6) is 11.5 Å². The lowest BCUT2D eigenvalue weighted by molar-refractivity contribution is 0.249. The van der Waals surface area contributed by atoms with Gasteiger partial charge in [-0.3, -0.25) is 0 Å². The molecule has 0 aliphatic heterocycles. The molecule has 2 aromatic rings. The SMILES string of the molecule is COc1ccc(OC)c(C(C)NC(=O)Nc2ccccc2N(C)C)c1. The number of carbonyl (C=O) groups excluding carboxylic acids is 1. The highest BCUT2D eigenvalue weighted by molar-refractivity contribution is 5.93. The van der Waals surface area contributed by atoms with E-state index in [-0.39, 0.29) is 12.1 Å². The van der Waals surface area contributed by atoms with E-state index in [0.29, 0.717) is 11.5 Å². The molecule has 0 heterocycles. The summed E-state index contributed by atoms with van der Waals surface area (Å²) in [5.74, 6) is 1.41. The number of rotatable bonds is 6. The van der Waals surface area contributed by atoms with Gasteiger partial charge in [0.25, 0.3) is 0 Å². The summed E-state index contributed by atoms with van der Waals surface area (Å²) in [6, 6.07) is 12.6. The summed E-state index contributed by atoms with van der Waals surface area (Å²) in [5.41, 5.74) is 2.52. The third-order valence-electron chi connectivity index (χ3n) is 3.89. The molecule has 2 amide bonds. The fourth-order valence-corrected chi connectivity index (χ4v) is 2.58. The summed E-state index contributed by atoms with van der Waals surface area (Å²) in [4.78, 5) is 14.4. The number of para-hydroxylation sites is 2. The number of anilines is 2. The quantitative estimate of drug-likeness (QED) is 0.840. The Balaban J connectivity index is 2.13. The number of benzene rings is 2. The highest BCUT2D eigenvalue weighted by atomic mass is 16.5. The molecule has 0 aromatic heterocycles. The molecular weight excluding hydrogens is 318 g/mol. The molecule has 1 unspecified atom stereocenters. The molecule has 0 spiro atoms. The van der Waals surface area contributed by atoms with E-state index < -0.39 is 0 Å². The van der Waals surface area contributed by atoms with Crippen molar-refractivity contribution in [2.75, 3.05) is 38.5 Å². The average molecular weight is 343 g/mol. The van der Waals surface area contributed by atoms with Crippen molar-refractivity contribution in [3.63, 3.8) is 0 Å². The van der Waals surface area contributed by atoms with Crippen LogP contribution in [0.1, 0.15) is 18.5 Å². The fourth-order valence-electron chi connectivity index (χ4n) is 2.58. The molecule has 0 saturated carbocycles. The van der Waals surface area contributed by atoms with E-state index in [0.717, 1.165) is 16.9 Å². The normalized spacial score (nSPS) is 11.4. The molecule has 6 nitrogen and oxygen atoms in total. The number of hydrogen-bond donors (Lipinski definition) is 2. The lowest BCUT2D eigenvalue weighted by atomic mass is 10.1. The number of nitrogens with zero attached hydrogens (tertiary/aromatic N) is 1. The first-order valence-electron chi connectivity index (χ1n) is 8.02. The van der Waals surface area contributed by atoms with Gasteiger partial charge in [0, 0.05) is 19.7 Å². The molecule has 2 rings (SSSR count). The first-order chi connectivity index (χ1) is 12.0. The maximum absolute atomic E-state index is 12.4. The summed E-state index contributed by atoms with van der Waals surface area (Å²) in [6.45, 7) is 1.90. The number of hydrogen-bond acceptors (Lipinski definition) is 4. The Morgan fingerprint density at radius 1 is 1.08 bits per heavy atom. The van der Waals surface area contributed by atoms with Gasteiger partial charge < -0.3 is 25.0 Å². The first-order valence-corrected chi connectivity index (χ1v) is 8.02. The van der Waals surface area contributed by atoms with Crippen molar-refractivity contribution in [1.82, 2.24) is 5.32 Å².